The van der Waals surface area contributed by atoms with Gasteiger partial charge in [0.2, 0.25) is 10.0 Å². The van der Waals surface area contributed by atoms with Gasteiger partial charge in [-0.05, 0) is 56.7 Å². The number of nitrogens with zero attached hydrogens (tertiary/aromatic N) is 6. The summed E-state index contributed by atoms with van der Waals surface area (Å²) in [5.41, 5.74) is 2.00. The molecule has 1 saturated carbocycles. The molecule has 3 aliphatic heterocycles. The molecule has 3 aromatic heterocycles. The number of carbonyl (C=O) groups is 1. The van der Waals surface area contributed by atoms with E-state index in [4.69, 9.17) is 14.8 Å². The molecular weight excluding hydrogens is 584 g/mol. The zero-order valence-electron chi connectivity index (χ0n) is 25.1. The minimum Gasteiger partial charge on any atom is -0.481 e. The van der Waals surface area contributed by atoms with Gasteiger partial charge in [0.1, 0.15) is 11.4 Å². The predicted molar refractivity (Wildman–Crippen MR) is 162 cm³/mol. The number of hydrogen-bond acceptors (Lipinski definition) is 9. The van der Waals surface area contributed by atoms with Gasteiger partial charge in [0.05, 0.1) is 35.6 Å². The van der Waals surface area contributed by atoms with Crippen molar-refractivity contribution in [1.82, 2.24) is 29.8 Å². The van der Waals surface area contributed by atoms with Crippen molar-refractivity contribution >= 4 is 33.3 Å². The lowest BCUT2D eigenvalue weighted by molar-refractivity contribution is -0.145. The van der Waals surface area contributed by atoms with E-state index in [0.29, 0.717) is 18.3 Å². The summed E-state index contributed by atoms with van der Waals surface area (Å²) in [6, 6.07) is 12.8. The summed E-state index contributed by atoms with van der Waals surface area (Å²) in [6.07, 6.45) is 3.81. The quantitative estimate of drug-likeness (QED) is 0.253. The second kappa shape index (κ2) is 9.73. The van der Waals surface area contributed by atoms with Crippen LogP contribution in [0, 0.1) is 18.3 Å². The topological polar surface area (TPSA) is 168 Å². The monoisotopic (exact) mass is 620 g/mol. The second-order valence-corrected chi connectivity index (χ2v) is 15.1. The van der Waals surface area contributed by atoms with Gasteiger partial charge in [-0.3, -0.25) is 9.89 Å². The Morgan fingerprint density at radius 3 is 2.75 bits per heavy atom. The van der Waals surface area contributed by atoms with Gasteiger partial charge in [-0.25, -0.2) is 22.6 Å². The predicted octanol–water partition coefficient (Wildman–Crippen LogP) is 3.21. The van der Waals surface area contributed by atoms with E-state index in [0.717, 1.165) is 42.8 Å². The molecule has 0 radical (unpaired) electrons. The number of aliphatic carboxylic acids is 1. The molecule has 44 heavy (non-hydrogen) atoms. The molecule has 1 aromatic carbocycles. The number of carboxylic acid groups (broad SMARTS) is 1. The number of benzene rings is 1. The number of pyridine rings is 1. The van der Waals surface area contributed by atoms with E-state index in [9.17, 15) is 18.3 Å². The maximum absolute atomic E-state index is 12.7. The standard InChI is InChI=1S/C30H36N8O5S/c1-18-12-21(37-11-10-29(4,16-37)20-8-6-5-7-9-20)14-38-24(18)32-25(35-38)30-13-19(15-43-30)22(30)23-31-27(34-33-23)36-44(41,42)17-28(2,3)26(39)40/h5-9,12,14,19,22H,10-11,13,15-17H2,1-4H3,(H,39,40)(H2,31,33,34,36)/t19?,22?,29-,30?/m0/s1. The Morgan fingerprint density at radius 2 is 2.02 bits per heavy atom. The molecule has 4 aromatic rings. The summed E-state index contributed by atoms with van der Waals surface area (Å²) in [5, 5.41) is 21.2. The smallest absolute Gasteiger partial charge is 0.310 e. The van der Waals surface area contributed by atoms with Gasteiger partial charge >= 0.3 is 5.97 Å². The van der Waals surface area contributed by atoms with Crippen LogP contribution >= 0.6 is 0 Å². The van der Waals surface area contributed by atoms with E-state index in [-0.39, 0.29) is 23.2 Å². The zero-order valence-corrected chi connectivity index (χ0v) is 25.9. The third-order valence-electron chi connectivity index (χ3n) is 9.56. The zero-order chi connectivity index (χ0) is 31.1. The first-order valence-corrected chi connectivity index (χ1v) is 16.4. The van der Waals surface area contributed by atoms with Crippen LogP contribution in [-0.2, 0) is 30.6 Å². The molecule has 4 atom stereocenters. The van der Waals surface area contributed by atoms with E-state index in [1.54, 1.807) is 0 Å². The number of carboxylic acids is 1. The van der Waals surface area contributed by atoms with Gasteiger partial charge in [0.25, 0.3) is 5.95 Å². The molecule has 8 rings (SSSR count). The molecule has 3 N–H and O–H groups in total. The Labute approximate surface area is 255 Å². The number of nitrogens with one attached hydrogen (secondary N) is 2. The van der Waals surface area contributed by atoms with Crippen LogP contribution in [0.2, 0.25) is 0 Å². The fourth-order valence-corrected chi connectivity index (χ4v) is 8.58. The number of H-pyrrole nitrogens is 1. The lowest BCUT2D eigenvalue weighted by Gasteiger charge is -2.41. The van der Waals surface area contributed by atoms with E-state index in [1.807, 2.05) is 17.6 Å². The normalized spacial score (nSPS) is 26.7. The van der Waals surface area contributed by atoms with Crippen molar-refractivity contribution in [2.45, 2.75) is 57.5 Å². The summed E-state index contributed by atoms with van der Waals surface area (Å²) >= 11 is 0. The van der Waals surface area contributed by atoms with Gasteiger partial charge in [0.15, 0.2) is 11.5 Å². The molecular formula is C30H36N8O5S. The van der Waals surface area contributed by atoms with E-state index >= 15 is 0 Å². The molecule has 1 aliphatic carbocycles. The number of sulfonamides is 1. The molecule has 2 bridgehead atoms. The minimum atomic E-state index is -4.01. The first-order valence-electron chi connectivity index (χ1n) is 14.8. The van der Waals surface area contributed by atoms with Crippen molar-refractivity contribution in [2.24, 2.45) is 11.3 Å². The highest BCUT2D eigenvalue weighted by Crippen LogP contribution is 2.63. The molecule has 0 amide bonds. The maximum Gasteiger partial charge on any atom is 0.310 e. The lowest BCUT2D eigenvalue weighted by atomic mass is 9.63. The fraction of sp³-hybridized carbons (Fsp3) is 0.500. The molecule has 3 unspecified atom stereocenters. The van der Waals surface area contributed by atoms with Gasteiger partial charge in [0, 0.05) is 18.5 Å². The molecule has 3 saturated heterocycles. The first kappa shape index (κ1) is 28.7. The SMILES string of the molecule is Cc1cc(N2CC[C@](C)(c3ccccc3)C2)cn2nc(C34CC(CO3)C4c3nc(NS(=O)(=O)CC(C)(C)C(=O)O)n[nH]3)nc12. The van der Waals surface area contributed by atoms with Crippen LogP contribution in [0.25, 0.3) is 5.65 Å². The van der Waals surface area contributed by atoms with Gasteiger partial charge in [-0.2, -0.15) is 4.98 Å². The highest BCUT2D eigenvalue weighted by Gasteiger charge is 2.66. The van der Waals surface area contributed by atoms with Crippen LogP contribution < -0.4 is 9.62 Å². The average Bonchev–Trinajstić information content (AvgIpc) is 3.77. The van der Waals surface area contributed by atoms with Gasteiger partial charge in [-0.1, -0.05) is 37.3 Å². The van der Waals surface area contributed by atoms with Crippen LogP contribution in [0.1, 0.15) is 62.3 Å². The van der Waals surface area contributed by atoms with Gasteiger partial charge < -0.3 is 14.7 Å². The number of ether oxygens (including phenoxy) is 1. The van der Waals surface area contributed by atoms with Crippen LogP contribution in [0.15, 0.2) is 42.6 Å². The summed E-state index contributed by atoms with van der Waals surface area (Å²) in [6.45, 7) is 9.42. The summed E-state index contributed by atoms with van der Waals surface area (Å²) in [5.74, 6) is -1.01. The lowest BCUT2D eigenvalue weighted by Crippen LogP contribution is -2.44. The number of rotatable bonds is 9. The molecule has 14 heteroatoms. The number of aromatic nitrogens is 6. The van der Waals surface area contributed by atoms with Crippen molar-refractivity contribution in [1.29, 1.82) is 0 Å². The van der Waals surface area contributed by atoms with Crippen LogP contribution in [0.3, 0.4) is 0 Å². The largest absolute Gasteiger partial charge is 0.481 e. The molecule has 232 valence electrons. The molecule has 13 nitrogen and oxygen atoms in total. The minimum absolute atomic E-state index is 0.0685. The van der Waals surface area contributed by atoms with E-state index in [1.165, 1.54) is 19.4 Å². The number of anilines is 2. The molecule has 0 spiro atoms. The average molecular weight is 621 g/mol. The fourth-order valence-electron chi connectivity index (χ4n) is 7.07. The Morgan fingerprint density at radius 1 is 1.25 bits per heavy atom. The highest BCUT2D eigenvalue weighted by atomic mass is 32.2. The van der Waals surface area contributed by atoms with Crippen molar-refractivity contribution < 1.29 is 23.1 Å². The summed E-state index contributed by atoms with van der Waals surface area (Å²) in [7, 11) is -4.01. The number of hydrogen-bond donors (Lipinski definition) is 3. The highest BCUT2D eigenvalue weighted by molar-refractivity contribution is 7.92. The Kier molecular flexibility index (Phi) is 6.35. The number of aromatic amines is 1. The van der Waals surface area contributed by atoms with Crippen molar-refractivity contribution in [2.75, 3.05) is 35.1 Å². The van der Waals surface area contributed by atoms with E-state index in [2.05, 4.69) is 68.1 Å². The summed E-state index contributed by atoms with van der Waals surface area (Å²) < 4.78 is 35.8. The Hall–Kier alpha value is -4.04. The second-order valence-electron chi connectivity index (χ2n) is 13.4. The number of fused-ring (bicyclic) bond motifs is 2. The van der Waals surface area contributed by atoms with Crippen LogP contribution in [-0.4, -0.2) is 74.7 Å². The Bertz CT molecular complexity index is 1870. The molecule has 4 aliphatic rings. The van der Waals surface area contributed by atoms with Crippen molar-refractivity contribution in [3.05, 3.63) is 65.4 Å². The van der Waals surface area contributed by atoms with Crippen LogP contribution in [0.5, 0.6) is 0 Å². The van der Waals surface area contributed by atoms with Gasteiger partial charge in [-0.15, -0.1) is 10.2 Å². The Balaban J connectivity index is 1.13. The first-order chi connectivity index (χ1) is 20.8. The van der Waals surface area contributed by atoms with E-state index < -0.39 is 32.8 Å². The third kappa shape index (κ3) is 4.62. The number of aryl methyl sites for hydroxylation is 1. The third-order valence-corrected chi connectivity index (χ3v) is 11.2. The maximum atomic E-state index is 12.7. The molecule has 4 fully saturated rings. The van der Waals surface area contributed by atoms with Crippen molar-refractivity contribution in [3.8, 4) is 0 Å². The van der Waals surface area contributed by atoms with Crippen LogP contribution in [0.4, 0.5) is 11.6 Å². The summed E-state index contributed by atoms with van der Waals surface area (Å²) in [4.78, 5) is 23.2. The van der Waals surface area contributed by atoms with Crippen molar-refractivity contribution in [3.63, 3.8) is 0 Å². The molecule has 6 heterocycles.